The largest absolute Gasteiger partial charge is 0.383 e. The maximum Gasteiger partial charge on any atom is 0.337 e. The zero-order chi connectivity index (χ0) is 19.6. The molecule has 7 nitrogen and oxygen atoms in total. The third kappa shape index (κ3) is 3.38. The summed E-state index contributed by atoms with van der Waals surface area (Å²) in [5.41, 5.74) is 1.76. The van der Waals surface area contributed by atoms with E-state index in [0.29, 0.717) is 29.3 Å². The van der Waals surface area contributed by atoms with E-state index in [2.05, 4.69) is 25.4 Å². The van der Waals surface area contributed by atoms with Crippen LogP contribution in [-0.4, -0.2) is 32.4 Å². The third-order valence-corrected chi connectivity index (χ3v) is 4.56. The molecule has 0 amide bonds. The normalized spacial score (nSPS) is 11.4. The molecule has 0 N–H and O–H groups in total. The van der Waals surface area contributed by atoms with Crippen molar-refractivity contribution in [1.29, 1.82) is 0 Å². The van der Waals surface area contributed by atoms with Crippen LogP contribution in [0.25, 0.3) is 16.9 Å². The minimum Gasteiger partial charge on any atom is -0.383 e. The second-order valence-electron chi connectivity index (χ2n) is 6.67. The highest BCUT2D eigenvalue weighted by atomic mass is 16.5. The Balaban J connectivity index is 2.31. The molecule has 0 unspecified atom stereocenters. The Hall–Kier alpha value is -2.93. The highest BCUT2D eigenvalue weighted by Gasteiger charge is 2.18. The number of hydrogen-bond donors (Lipinski definition) is 0. The zero-order valence-corrected chi connectivity index (χ0v) is 15.9. The summed E-state index contributed by atoms with van der Waals surface area (Å²) >= 11 is 0. The maximum atomic E-state index is 13.1. The minimum absolute atomic E-state index is 0.174. The van der Waals surface area contributed by atoms with Crippen LogP contribution in [0.2, 0.25) is 0 Å². The van der Waals surface area contributed by atoms with Gasteiger partial charge in [0.05, 0.1) is 25.2 Å². The van der Waals surface area contributed by atoms with Gasteiger partial charge in [0.2, 0.25) is 0 Å². The summed E-state index contributed by atoms with van der Waals surface area (Å²) in [7, 11) is 1.54. The second kappa shape index (κ2) is 7.75. The zero-order valence-electron chi connectivity index (χ0n) is 15.9. The Bertz CT molecular complexity index is 1070. The fourth-order valence-electron chi connectivity index (χ4n) is 3.08. The number of aromatic nitrogens is 4. The fourth-order valence-corrected chi connectivity index (χ4v) is 3.08. The molecule has 0 aliphatic rings. The number of allylic oxidation sites excluding steroid dienone is 1. The molecule has 0 aliphatic heterocycles. The Morgan fingerprint density at radius 1 is 1.22 bits per heavy atom. The summed E-state index contributed by atoms with van der Waals surface area (Å²) < 4.78 is 9.45. The maximum absolute atomic E-state index is 13.1. The van der Waals surface area contributed by atoms with Crippen molar-refractivity contribution in [2.75, 3.05) is 13.7 Å². The molecule has 0 bridgehead atoms. The Kier molecular flexibility index (Phi) is 5.41. The van der Waals surface area contributed by atoms with Crippen LogP contribution in [0.1, 0.15) is 25.3 Å². The average Bonchev–Trinajstić information content (AvgIpc) is 3.06. The van der Waals surface area contributed by atoms with E-state index in [9.17, 15) is 9.59 Å². The molecule has 0 fully saturated rings. The summed E-state index contributed by atoms with van der Waals surface area (Å²) in [6.45, 7) is 8.82. The summed E-state index contributed by atoms with van der Waals surface area (Å²) in [4.78, 5) is 30.4. The van der Waals surface area contributed by atoms with Gasteiger partial charge in [0, 0.05) is 13.7 Å². The van der Waals surface area contributed by atoms with Gasteiger partial charge in [-0.3, -0.25) is 9.36 Å². The average molecular weight is 368 g/mol. The third-order valence-electron chi connectivity index (χ3n) is 4.56. The molecule has 0 spiro atoms. The van der Waals surface area contributed by atoms with Gasteiger partial charge in [-0.05, 0) is 23.6 Å². The Morgan fingerprint density at radius 2 is 1.93 bits per heavy atom. The lowest BCUT2D eigenvalue weighted by Crippen LogP contribution is -2.41. The first kappa shape index (κ1) is 18.8. The molecule has 3 rings (SSSR count). The first-order valence-electron chi connectivity index (χ1n) is 8.90. The molecule has 2 heterocycles. The van der Waals surface area contributed by atoms with Crippen LogP contribution in [0.4, 0.5) is 0 Å². The van der Waals surface area contributed by atoms with E-state index >= 15 is 0 Å². The molecule has 1 aromatic carbocycles. The number of ether oxygens (including phenoxy) is 1. The number of rotatable bonds is 7. The van der Waals surface area contributed by atoms with E-state index in [1.54, 1.807) is 17.0 Å². The van der Waals surface area contributed by atoms with Crippen molar-refractivity contribution >= 4 is 11.2 Å². The molecule has 27 heavy (non-hydrogen) atoms. The standard InChI is InChI=1S/C20H24N4O3/c1-5-10-22-13-21-18-17(22)19(25)23(11-12-27-4)20(26)24(18)16-8-6-15(7-9-16)14(2)3/h5-9,13-14H,1,10-12H2,2-4H3. The quantitative estimate of drug-likeness (QED) is 0.600. The van der Waals surface area contributed by atoms with Crippen LogP contribution >= 0.6 is 0 Å². The number of nitrogens with zero attached hydrogens (tertiary/aromatic N) is 4. The molecular formula is C20H24N4O3. The lowest BCUT2D eigenvalue weighted by atomic mass is 10.0. The molecule has 0 atom stereocenters. The predicted molar refractivity (Wildman–Crippen MR) is 106 cm³/mol. The highest BCUT2D eigenvalue weighted by Crippen LogP contribution is 2.18. The number of benzene rings is 1. The fraction of sp³-hybridized carbons (Fsp3) is 0.350. The van der Waals surface area contributed by atoms with Crippen molar-refractivity contribution in [1.82, 2.24) is 18.7 Å². The van der Waals surface area contributed by atoms with Gasteiger partial charge < -0.3 is 9.30 Å². The first-order valence-corrected chi connectivity index (χ1v) is 8.90. The molecule has 0 saturated heterocycles. The highest BCUT2D eigenvalue weighted by molar-refractivity contribution is 5.72. The van der Waals surface area contributed by atoms with Gasteiger partial charge in [0.15, 0.2) is 11.2 Å². The summed E-state index contributed by atoms with van der Waals surface area (Å²) in [6, 6.07) is 7.74. The van der Waals surface area contributed by atoms with Gasteiger partial charge in [-0.1, -0.05) is 32.1 Å². The van der Waals surface area contributed by atoms with Crippen LogP contribution in [0, 0.1) is 0 Å². The minimum atomic E-state index is -0.425. The van der Waals surface area contributed by atoms with E-state index in [4.69, 9.17) is 4.74 Å². The molecule has 0 aliphatic carbocycles. The van der Waals surface area contributed by atoms with Gasteiger partial charge in [0.1, 0.15) is 0 Å². The van der Waals surface area contributed by atoms with Crippen LogP contribution in [-0.2, 0) is 17.8 Å². The van der Waals surface area contributed by atoms with E-state index in [1.165, 1.54) is 21.8 Å². The van der Waals surface area contributed by atoms with Crippen LogP contribution in [0.5, 0.6) is 0 Å². The van der Waals surface area contributed by atoms with Crippen molar-refractivity contribution in [2.45, 2.75) is 32.9 Å². The number of fused-ring (bicyclic) bond motifs is 1. The monoisotopic (exact) mass is 368 g/mol. The molecule has 142 valence electrons. The smallest absolute Gasteiger partial charge is 0.337 e. The molecule has 2 aromatic heterocycles. The van der Waals surface area contributed by atoms with Crippen molar-refractivity contribution in [3.63, 3.8) is 0 Å². The van der Waals surface area contributed by atoms with Crippen molar-refractivity contribution < 1.29 is 4.74 Å². The Morgan fingerprint density at radius 3 is 2.52 bits per heavy atom. The number of imidazole rings is 1. The summed E-state index contributed by atoms with van der Waals surface area (Å²) in [5.74, 6) is 0.387. The van der Waals surface area contributed by atoms with Crippen molar-refractivity contribution in [3.8, 4) is 5.69 Å². The summed E-state index contributed by atoms with van der Waals surface area (Å²) in [5, 5.41) is 0. The molecule has 3 aromatic rings. The first-order chi connectivity index (χ1) is 13.0. The predicted octanol–water partition coefficient (Wildman–Crippen LogP) is 2.30. The number of methoxy groups -OCH3 is 1. The van der Waals surface area contributed by atoms with E-state index in [0.717, 1.165) is 0 Å². The molecular weight excluding hydrogens is 344 g/mol. The molecule has 0 saturated carbocycles. The van der Waals surface area contributed by atoms with E-state index in [1.807, 2.05) is 24.3 Å². The van der Waals surface area contributed by atoms with Crippen molar-refractivity contribution in [2.24, 2.45) is 0 Å². The van der Waals surface area contributed by atoms with E-state index in [-0.39, 0.29) is 18.7 Å². The lowest BCUT2D eigenvalue weighted by molar-refractivity contribution is 0.184. The summed E-state index contributed by atoms with van der Waals surface area (Å²) in [6.07, 6.45) is 3.25. The topological polar surface area (TPSA) is 71.1 Å². The Labute approximate surface area is 157 Å². The van der Waals surface area contributed by atoms with Gasteiger partial charge in [-0.2, -0.15) is 0 Å². The van der Waals surface area contributed by atoms with Gasteiger partial charge in [0.25, 0.3) is 5.56 Å². The second-order valence-corrected chi connectivity index (χ2v) is 6.67. The molecule has 0 radical (unpaired) electrons. The van der Waals surface area contributed by atoms with Gasteiger partial charge in [-0.25, -0.2) is 14.3 Å². The lowest BCUT2D eigenvalue weighted by Gasteiger charge is -2.13. The SMILES string of the molecule is C=CCn1cnc2c1c(=O)n(CCOC)c(=O)n2-c1ccc(C(C)C)cc1. The van der Waals surface area contributed by atoms with Crippen LogP contribution in [0.3, 0.4) is 0 Å². The number of hydrogen-bond acceptors (Lipinski definition) is 4. The van der Waals surface area contributed by atoms with Crippen LogP contribution < -0.4 is 11.2 Å². The molecule has 7 heteroatoms. The van der Waals surface area contributed by atoms with Gasteiger partial charge >= 0.3 is 5.69 Å². The van der Waals surface area contributed by atoms with Gasteiger partial charge in [-0.15, -0.1) is 6.58 Å². The van der Waals surface area contributed by atoms with E-state index < -0.39 is 5.69 Å². The van der Waals surface area contributed by atoms with Crippen LogP contribution in [0.15, 0.2) is 52.8 Å². The van der Waals surface area contributed by atoms with Crippen molar-refractivity contribution in [3.05, 3.63) is 69.6 Å².